The van der Waals surface area contributed by atoms with Gasteiger partial charge in [0.25, 0.3) is 0 Å². The highest BCUT2D eigenvalue weighted by molar-refractivity contribution is 7.80. The molecule has 0 aliphatic heterocycles. The molecule has 3 heteroatoms. The van der Waals surface area contributed by atoms with Crippen molar-refractivity contribution in [2.24, 2.45) is 0 Å². The summed E-state index contributed by atoms with van der Waals surface area (Å²) < 4.78 is 0. The van der Waals surface area contributed by atoms with E-state index < -0.39 is 0 Å². The second-order valence-corrected chi connectivity index (χ2v) is 2.50. The summed E-state index contributed by atoms with van der Waals surface area (Å²) in [6.45, 7) is 7.00. The van der Waals surface area contributed by atoms with E-state index >= 15 is 0 Å². The van der Waals surface area contributed by atoms with E-state index in [0.29, 0.717) is 0 Å². The van der Waals surface area contributed by atoms with Crippen molar-refractivity contribution in [2.75, 3.05) is 11.5 Å². The zero-order valence-corrected chi connectivity index (χ0v) is 8.58. The van der Waals surface area contributed by atoms with Gasteiger partial charge in [-0.05, 0) is 24.3 Å². The van der Waals surface area contributed by atoms with Gasteiger partial charge in [-0.25, -0.2) is 0 Å². The first-order valence-corrected chi connectivity index (χ1v) is 4.53. The molecule has 0 rings (SSSR count). The summed E-state index contributed by atoms with van der Waals surface area (Å²) >= 11 is 7.86. The van der Waals surface area contributed by atoms with Crippen LogP contribution in [-0.4, -0.2) is 17.0 Å². The lowest BCUT2D eigenvalue weighted by atomic mass is 10.5. The molecule has 0 spiro atoms. The van der Waals surface area contributed by atoms with E-state index in [0.717, 1.165) is 24.3 Å². The fourth-order valence-corrected chi connectivity index (χ4v) is 0.548. The van der Waals surface area contributed by atoms with Gasteiger partial charge in [0.1, 0.15) is 0 Å². The van der Waals surface area contributed by atoms with Gasteiger partial charge in [-0.2, -0.15) is 25.3 Å². The van der Waals surface area contributed by atoms with Crippen LogP contribution in [0.1, 0.15) is 12.8 Å². The Morgan fingerprint density at radius 1 is 0.909 bits per heavy atom. The Bertz CT molecular complexity index is 64.5. The molecule has 0 unspecified atom stereocenters. The van der Waals surface area contributed by atoms with Crippen LogP contribution < -0.4 is 0 Å². The topological polar surface area (TPSA) is 31.5 Å². The molecular formula is C8H18OS2. The second kappa shape index (κ2) is 22.5. The van der Waals surface area contributed by atoms with Gasteiger partial charge in [-0.15, -0.1) is 13.2 Å². The Labute approximate surface area is 80.7 Å². The average Bonchev–Trinajstić information content (AvgIpc) is 1.93. The predicted octanol–water partition coefficient (Wildman–Crippen LogP) is 2.16. The van der Waals surface area contributed by atoms with Crippen LogP contribution in [0, 0.1) is 0 Å². The zero-order valence-electron chi connectivity index (χ0n) is 6.79. The Morgan fingerprint density at radius 2 is 1.18 bits per heavy atom. The smallest absolute Gasteiger partial charge is 0.00634 e. The summed E-state index contributed by atoms with van der Waals surface area (Å²) in [6.07, 6.45) is 5.74. The molecule has 0 heterocycles. The highest BCUT2D eigenvalue weighted by Gasteiger charge is 1.62. The molecule has 0 fully saturated rings. The lowest BCUT2D eigenvalue weighted by Crippen LogP contribution is -1.59. The quantitative estimate of drug-likeness (QED) is 0.508. The van der Waals surface area contributed by atoms with E-state index in [1.165, 1.54) is 0 Å². The van der Waals surface area contributed by atoms with E-state index in [1.54, 1.807) is 0 Å². The largest absolute Gasteiger partial charge is 0.412 e. The van der Waals surface area contributed by atoms with E-state index in [2.05, 4.69) is 38.4 Å². The summed E-state index contributed by atoms with van der Waals surface area (Å²) in [7, 11) is 0. The van der Waals surface area contributed by atoms with Crippen molar-refractivity contribution in [3.05, 3.63) is 25.3 Å². The molecule has 0 radical (unpaired) electrons. The van der Waals surface area contributed by atoms with E-state index in [4.69, 9.17) is 0 Å². The van der Waals surface area contributed by atoms with Gasteiger partial charge in [0.2, 0.25) is 0 Å². The molecule has 11 heavy (non-hydrogen) atoms. The van der Waals surface area contributed by atoms with Crippen molar-refractivity contribution in [2.45, 2.75) is 12.8 Å². The SMILES string of the molecule is C=CCCS.C=CCCS.O. The van der Waals surface area contributed by atoms with Crippen LogP contribution in [0.3, 0.4) is 0 Å². The van der Waals surface area contributed by atoms with E-state index in [-0.39, 0.29) is 5.48 Å². The van der Waals surface area contributed by atoms with Crippen molar-refractivity contribution < 1.29 is 5.48 Å². The highest BCUT2D eigenvalue weighted by Crippen LogP contribution is 1.80. The molecule has 0 amide bonds. The number of allylic oxidation sites excluding steroid dienone is 2. The lowest BCUT2D eigenvalue weighted by molar-refractivity contribution is 0.824. The summed E-state index contributed by atoms with van der Waals surface area (Å²) in [6, 6.07) is 0. The fourth-order valence-electron chi connectivity index (χ4n) is 0.183. The first-order valence-electron chi connectivity index (χ1n) is 3.27. The van der Waals surface area contributed by atoms with Crippen LogP contribution in [0.25, 0.3) is 0 Å². The molecule has 0 aromatic heterocycles. The van der Waals surface area contributed by atoms with Gasteiger partial charge >= 0.3 is 0 Å². The van der Waals surface area contributed by atoms with Crippen molar-refractivity contribution in [1.29, 1.82) is 0 Å². The third-order valence-electron chi connectivity index (χ3n) is 0.666. The van der Waals surface area contributed by atoms with E-state index in [9.17, 15) is 0 Å². The van der Waals surface area contributed by atoms with Crippen LogP contribution in [0.2, 0.25) is 0 Å². The predicted molar refractivity (Wildman–Crippen MR) is 60.9 cm³/mol. The monoisotopic (exact) mass is 194 g/mol. The van der Waals surface area contributed by atoms with E-state index in [1.807, 2.05) is 12.2 Å². The summed E-state index contributed by atoms with van der Waals surface area (Å²) in [4.78, 5) is 0. The van der Waals surface area contributed by atoms with Crippen molar-refractivity contribution in [1.82, 2.24) is 0 Å². The van der Waals surface area contributed by atoms with Gasteiger partial charge in [-0.1, -0.05) is 12.2 Å². The van der Waals surface area contributed by atoms with Gasteiger partial charge in [0.05, 0.1) is 0 Å². The normalized spacial score (nSPS) is 6.73. The first-order chi connectivity index (χ1) is 4.83. The van der Waals surface area contributed by atoms with Crippen molar-refractivity contribution >= 4 is 25.3 Å². The Balaban J connectivity index is -0.000000107. The minimum absolute atomic E-state index is 0. The number of hydrogen-bond acceptors (Lipinski definition) is 2. The van der Waals surface area contributed by atoms with Gasteiger partial charge in [0.15, 0.2) is 0 Å². The van der Waals surface area contributed by atoms with Crippen molar-refractivity contribution in [3.8, 4) is 0 Å². The molecule has 1 nitrogen and oxygen atoms in total. The summed E-state index contributed by atoms with van der Waals surface area (Å²) in [5, 5.41) is 0. The van der Waals surface area contributed by atoms with Gasteiger partial charge in [-0.3, -0.25) is 0 Å². The molecular weight excluding hydrogens is 176 g/mol. The third kappa shape index (κ3) is 39.2. The summed E-state index contributed by atoms with van der Waals surface area (Å²) in [5.74, 6) is 1.84. The zero-order chi connectivity index (χ0) is 8.24. The second-order valence-electron chi connectivity index (χ2n) is 1.60. The molecule has 0 aromatic rings. The molecule has 0 saturated heterocycles. The molecule has 0 aliphatic rings. The number of hydrogen-bond donors (Lipinski definition) is 2. The molecule has 0 saturated carbocycles. The van der Waals surface area contributed by atoms with Crippen LogP contribution in [0.15, 0.2) is 25.3 Å². The average molecular weight is 194 g/mol. The molecule has 0 aliphatic carbocycles. The minimum Gasteiger partial charge on any atom is -0.412 e. The fraction of sp³-hybridized carbons (Fsp3) is 0.500. The molecule has 0 bridgehead atoms. The Hall–Kier alpha value is 0.140. The number of rotatable bonds is 4. The van der Waals surface area contributed by atoms with Crippen LogP contribution in [-0.2, 0) is 0 Å². The summed E-state index contributed by atoms with van der Waals surface area (Å²) in [5.41, 5.74) is 0. The molecule has 0 atom stereocenters. The molecule has 2 N–H and O–H groups in total. The Morgan fingerprint density at radius 3 is 1.18 bits per heavy atom. The van der Waals surface area contributed by atoms with Crippen LogP contribution in [0.4, 0.5) is 0 Å². The van der Waals surface area contributed by atoms with Crippen molar-refractivity contribution in [3.63, 3.8) is 0 Å². The maximum Gasteiger partial charge on any atom is -0.00634 e. The maximum atomic E-state index is 3.93. The van der Waals surface area contributed by atoms with Crippen LogP contribution >= 0.6 is 25.3 Å². The standard InChI is InChI=1S/2C4H8S.H2O/c2*1-2-3-4-5;/h2*2,5H,1,3-4H2;1H2. The Kier molecular flexibility index (Phi) is 35.3. The lowest BCUT2D eigenvalue weighted by Gasteiger charge is -1.72. The highest BCUT2D eigenvalue weighted by atomic mass is 32.1. The van der Waals surface area contributed by atoms with Crippen LogP contribution in [0.5, 0.6) is 0 Å². The minimum atomic E-state index is 0. The molecule has 68 valence electrons. The number of thiol groups is 2. The maximum absolute atomic E-state index is 3.93. The van der Waals surface area contributed by atoms with Gasteiger partial charge in [0, 0.05) is 0 Å². The molecule has 0 aromatic carbocycles. The van der Waals surface area contributed by atoms with Gasteiger partial charge < -0.3 is 5.48 Å². The first kappa shape index (κ1) is 17.3. The third-order valence-corrected chi connectivity index (χ3v) is 1.18.